The summed E-state index contributed by atoms with van der Waals surface area (Å²) in [6, 6.07) is 1.83. The predicted molar refractivity (Wildman–Crippen MR) is 114 cm³/mol. The molecule has 0 aliphatic rings. The van der Waals surface area contributed by atoms with Gasteiger partial charge in [-0.2, -0.15) is 0 Å². The van der Waals surface area contributed by atoms with Gasteiger partial charge in [-0.15, -0.1) is 16.8 Å². The molecule has 1 N–H and O–H groups in total. The van der Waals surface area contributed by atoms with Gasteiger partial charge in [0, 0.05) is 12.2 Å². The summed E-state index contributed by atoms with van der Waals surface area (Å²) < 4.78 is 12.1. The highest BCUT2D eigenvalue weighted by molar-refractivity contribution is 8.00. The zero-order valence-corrected chi connectivity index (χ0v) is 18.4. The Morgan fingerprint density at radius 3 is 2.70 bits per heavy atom. The van der Waals surface area contributed by atoms with E-state index in [1.165, 1.54) is 18.9 Å². The molecule has 3 aromatic rings. The summed E-state index contributed by atoms with van der Waals surface area (Å²) in [7, 11) is 1.32. The quantitative estimate of drug-likeness (QED) is 0.249. The van der Waals surface area contributed by atoms with Crippen molar-refractivity contribution in [1.29, 1.82) is 0 Å². The summed E-state index contributed by atoms with van der Waals surface area (Å²) in [5.41, 5.74) is 2.82. The maximum Gasteiger partial charge on any atom is 0.339 e. The van der Waals surface area contributed by atoms with Gasteiger partial charge in [0.2, 0.25) is 0 Å². The Kier molecular flexibility index (Phi) is 6.31. The second-order valence-electron chi connectivity index (χ2n) is 6.84. The first-order valence-corrected chi connectivity index (χ1v) is 10.2. The molecule has 0 aliphatic heterocycles. The van der Waals surface area contributed by atoms with E-state index in [4.69, 9.17) is 9.15 Å². The average molecular weight is 429 g/mol. The number of H-pyrrole nitrogens is 1. The number of ether oxygens (including phenoxy) is 1. The number of nitrogens with zero attached hydrogens (tertiary/aromatic N) is 3. The van der Waals surface area contributed by atoms with E-state index in [9.17, 15) is 9.59 Å². The number of hydrogen-bond donors (Lipinski definition) is 1. The van der Waals surface area contributed by atoms with Crippen molar-refractivity contribution in [3.05, 3.63) is 53.3 Å². The van der Waals surface area contributed by atoms with Crippen molar-refractivity contribution in [3.8, 4) is 11.4 Å². The molecule has 3 aromatic heterocycles. The SMILES string of the molecule is C=CCn1c(SC(C)C(=O)c2[nH]c(C)c(C(=O)OC)c2C)nnc1-c1ccoc1C. The Labute approximate surface area is 178 Å². The predicted octanol–water partition coefficient (Wildman–Crippen LogP) is 4.13. The lowest BCUT2D eigenvalue weighted by molar-refractivity contribution is 0.0599. The molecule has 0 saturated carbocycles. The maximum atomic E-state index is 13.1. The number of thioether (sulfide) groups is 1. The van der Waals surface area contributed by atoms with Crippen LogP contribution in [0.4, 0.5) is 0 Å². The van der Waals surface area contributed by atoms with Crippen molar-refractivity contribution in [2.45, 2.75) is 44.6 Å². The van der Waals surface area contributed by atoms with Crippen LogP contribution in [0.2, 0.25) is 0 Å². The molecule has 0 saturated heterocycles. The molecule has 1 atom stereocenters. The zero-order chi connectivity index (χ0) is 22.0. The van der Waals surface area contributed by atoms with Crippen LogP contribution in [0.1, 0.15) is 44.8 Å². The highest BCUT2D eigenvalue weighted by Gasteiger charge is 2.27. The number of esters is 1. The van der Waals surface area contributed by atoms with Crippen LogP contribution in [0.25, 0.3) is 11.4 Å². The van der Waals surface area contributed by atoms with Crippen LogP contribution >= 0.6 is 11.8 Å². The highest BCUT2D eigenvalue weighted by atomic mass is 32.2. The Morgan fingerprint density at radius 2 is 2.10 bits per heavy atom. The zero-order valence-electron chi connectivity index (χ0n) is 17.6. The number of rotatable bonds is 8. The minimum Gasteiger partial charge on any atom is -0.469 e. The molecule has 0 aromatic carbocycles. The third-order valence-corrected chi connectivity index (χ3v) is 5.93. The lowest BCUT2D eigenvalue weighted by atomic mass is 10.1. The molecule has 3 heterocycles. The topological polar surface area (TPSA) is 103 Å². The largest absolute Gasteiger partial charge is 0.469 e. The summed E-state index contributed by atoms with van der Waals surface area (Å²) in [6.45, 7) is 11.4. The van der Waals surface area contributed by atoms with Crippen molar-refractivity contribution in [1.82, 2.24) is 19.7 Å². The lowest BCUT2D eigenvalue weighted by Crippen LogP contribution is -2.16. The lowest BCUT2D eigenvalue weighted by Gasteiger charge is -2.11. The van der Waals surface area contributed by atoms with Gasteiger partial charge in [0.05, 0.1) is 35.4 Å². The molecule has 0 aliphatic carbocycles. The Hall–Kier alpha value is -3.07. The first-order chi connectivity index (χ1) is 14.3. The van der Waals surface area contributed by atoms with E-state index in [1.807, 2.05) is 17.6 Å². The van der Waals surface area contributed by atoms with E-state index in [2.05, 4.69) is 21.8 Å². The van der Waals surface area contributed by atoms with Gasteiger partial charge in [-0.3, -0.25) is 9.36 Å². The monoisotopic (exact) mass is 428 g/mol. The van der Waals surface area contributed by atoms with Gasteiger partial charge in [-0.1, -0.05) is 17.8 Å². The minimum absolute atomic E-state index is 0.134. The van der Waals surface area contributed by atoms with E-state index in [-0.39, 0.29) is 5.78 Å². The molecule has 0 fully saturated rings. The number of Topliss-reactive ketones (excluding diaryl/α,β-unsaturated/α-hetero) is 1. The van der Waals surface area contributed by atoms with Gasteiger partial charge < -0.3 is 14.1 Å². The molecule has 0 bridgehead atoms. The number of furan rings is 1. The van der Waals surface area contributed by atoms with E-state index in [0.29, 0.717) is 40.0 Å². The van der Waals surface area contributed by atoms with Crippen molar-refractivity contribution < 1.29 is 18.7 Å². The number of carbonyl (C=O) groups excluding carboxylic acids is 2. The number of carbonyl (C=O) groups is 2. The van der Waals surface area contributed by atoms with Crippen LogP contribution in [0.5, 0.6) is 0 Å². The molecule has 0 spiro atoms. The first-order valence-electron chi connectivity index (χ1n) is 9.37. The standard InChI is InChI=1S/C21H24N4O4S/c1-7-9-25-19(15-8-10-29-13(15)4)23-24-21(25)30-14(5)18(26)17-11(2)16(12(3)22-17)20(27)28-6/h7-8,10,14,22H,1,9H2,2-6H3. The van der Waals surface area contributed by atoms with E-state index in [0.717, 1.165) is 11.3 Å². The number of ketones is 1. The molecule has 30 heavy (non-hydrogen) atoms. The van der Waals surface area contributed by atoms with Crippen molar-refractivity contribution in [3.63, 3.8) is 0 Å². The summed E-state index contributed by atoms with van der Waals surface area (Å²) in [6.07, 6.45) is 3.35. The van der Waals surface area contributed by atoms with Crippen molar-refractivity contribution >= 4 is 23.5 Å². The van der Waals surface area contributed by atoms with Crippen LogP contribution in [0.15, 0.2) is 34.6 Å². The van der Waals surface area contributed by atoms with Crippen LogP contribution in [-0.2, 0) is 11.3 Å². The van der Waals surface area contributed by atoms with Gasteiger partial charge in [0.1, 0.15) is 5.76 Å². The van der Waals surface area contributed by atoms with Gasteiger partial charge in [-0.25, -0.2) is 4.79 Å². The summed E-state index contributed by atoms with van der Waals surface area (Å²) >= 11 is 1.30. The van der Waals surface area contributed by atoms with Crippen molar-refractivity contribution in [2.24, 2.45) is 0 Å². The van der Waals surface area contributed by atoms with Crippen LogP contribution in [-0.4, -0.2) is 43.9 Å². The molecule has 8 nitrogen and oxygen atoms in total. The van der Waals surface area contributed by atoms with Gasteiger partial charge >= 0.3 is 5.97 Å². The fraction of sp³-hybridized carbons (Fsp3) is 0.333. The maximum absolute atomic E-state index is 13.1. The smallest absolute Gasteiger partial charge is 0.339 e. The Morgan fingerprint density at radius 1 is 1.37 bits per heavy atom. The second kappa shape index (κ2) is 8.74. The van der Waals surface area contributed by atoms with E-state index in [1.54, 1.807) is 33.1 Å². The van der Waals surface area contributed by atoms with E-state index < -0.39 is 11.2 Å². The Balaban J connectivity index is 1.90. The minimum atomic E-state index is -0.466. The Bertz CT molecular complexity index is 1110. The molecule has 3 rings (SSSR count). The average Bonchev–Trinajstić information content (AvgIpc) is 3.39. The third-order valence-electron chi connectivity index (χ3n) is 4.85. The molecule has 0 amide bonds. The molecular formula is C21H24N4O4S. The normalized spacial score (nSPS) is 12.0. The fourth-order valence-corrected chi connectivity index (χ4v) is 4.22. The third kappa shape index (κ3) is 3.85. The van der Waals surface area contributed by atoms with Gasteiger partial charge in [0.15, 0.2) is 16.8 Å². The summed E-state index contributed by atoms with van der Waals surface area (Å²) in [5.74, 6) is 0.792. The molecule has 1 unspecified atom stereocenters. The van der Waals surface area contributed by atoms with E-state index >= 15 is 0 Å². The van der Waals surface area contributed by atoms with Gasteiger partial charge in [-0.05, 0) is 39.3 Å². The number of allylic oxidation sites excluding steroid dienone is 1. The van der Waals surface area contributed by atoms with Crippen molar-refractivity contribution in [2.75, 3.05) is 7.11 Å². The number of aromatic nitrogens is 4. The number of nitrogens with one attached hydrogen (secondary N) is 1. The highest BCUT2D eigenvalue weighted by Crippen LogP contribution is 2.31. The molecular weight excluding hydrogens is 404 g/mol. The number of methoxy groups -OCH3 is 1. The van der Waals surface area contributed by atoms with Gasteiger partial charge in [0.25, 0.3) is 0 Å². The number of aromatic amines is 1. The first kappa shape index (κ1) is 21.6. The second-order valence-corrected chi connectivity index (χ2v) is 8.14. The fourth-order valence-electron chi connectivity index (χ4n) is 3.31. The number of hydrogen-bond acceptors (Lipinski definition) is 7. The summed E-state index contributed by atoms with van der Waals surface area (Å²) in [5, 5.41) is 8.72. The summed E-state index contributed by atoms with van der Waals surface area (Å²) in [4.78, 5) is 28.2. The van der Waals surface area contributed by atoms with Crippen LogP contribution in [0.3, 0.4) is 0 Å². The van der Waals surface area contributed by atoms with Crippen LogP contribution < -0.4 is 0 Å². The molecule has 0 radical (unpaired) electrons. The van der Waals surface area contributed by atoms with Crippen LogP contribution in [0, 0.1) is 20.8 Å². The molecule has 9 heteroatoms. The number of aryl methyl sites for hydroxylation is 2. The molecule has 158 valence electrons.